The van der Waals surface area contributed by atoms with Crippen molar-refractivity contribution in [1.29, 1.82) is 0 Å². The van der Waals surface area contributed by atoms with E-state index in [2.05, 4.69) is 5.32 Å². The number of sulfone groups is 1. The Kier molecular flexibility index (Phi) is 3.11. The fourth-order valence-corrected chi connectivity index (χ4v) is 5.68. The van der Waals surface area contributed by atoms with E-state index in [0.717, 1.165) is 17.0 Å². The Morgan fingerprint density at radius 3 is 2.88 bits per heavy atom. The maximum Gasteiger partial charge on any atom is 0.190 e. The fraction of sp³-hybridized carbons (Fsp3) is 0.636. The SMILES string of the molecule is CCNC1CC(C)S(=O)(=O)c2sc(C)cc21. The van der Waals surface area contributed by atoms with Crippen LogP contribution in [0, 0.1) is 6.92 Å². The molecule has 16 heavy (non-hydrogen) atoms. The van der Waals surface area contributed by atoms with Crippen molar-refractivity contribution in [2.24, 2.45) is 0 Å². The van der Waals surface area contributed by atoms with Crippen molar-refractivity contribution in [3.63, 3.8) is 0 Å². The van der Waals surface area contributed by atoms with Gasteiger partial charge in [0.05, 0.1) is 5.25 Å². The Bertz CT molecular complexity index is 490. The molecule has 1 aromatic heterocycles. The highest BCUT2D eigenvalue weighted by molar-refractivity contribution is 7.94. The number of fused-ring (bicyclic) bond motifs is 1. The summed E-state index contributed by atoms with van der Waals surface area (Å²) in [5.41, 5.74) is 0.974. The van der Waals surface area contributed by atoms with Crippen LogP contribution in [0.2, 0.25) is 0 Å². The van der Waals surface area contributed by atoms with E-state index in [1.165, 1.54) is 11.3 Å². The Labute approximate surface area is 101 Å². The maximum atomic E-state index is 12.1. The van der Waals surface area contributed by atoms with E-state index in [1.807, 2.05) is 19.9 Å². The molecule has 1 aliphatic heterocycles. The molecule has 0 bridgehead atoms. The third-order valence-corrected chi connectivity index (χ3v) is 6.84. The molecule has 2 heterocycles. The second kappa shape index (κ2) is 4.13. The van der Waals surface area contributed by atoms with Gasteiger partial charge in [-0.15, -0.1) is 11.3 Å². The number of hydrogen-bond donors (Lipinski definition) is 1. The number of aryl methyl sites for hydroxylation is 1. The molecule has 0 radical (unpaired) electrons. The van der Waals surface area contributed by atoms with Crippen LogP contribution in [0.3, 0.4) is 0 Å². The molecule has 0 fully saturated rings. The number of thiophene rings is 1. The number of hydrogen-bond acceptors (Lipinski definition) is 4. The summed E-state index contributed by atoms with van der Waals surface area (Å²) in [5, 5.41) is 3.09. The molecule has 2 unspecified atom stereocenters. The average molecular weight is 259 g/mol. The molecular weight excluding hydrogens is 242 g/mol. The summed E-state index contributed by atoms with van der Waals surface area (Å²) in [6.45, 7) is 6.68. The lowest BCUT2D eigenvalue weighted by molar-refractivity contribution is 0.478. The van der Waals surface area contributed by atoms with E-state index in [0.29, 0.717) is 10.6 Å². The predicted octanol–water partition coefficient (Wildman–Crippen LogP) is 2.27. The third kappa shape index (κ3) is 1.81. The first-order valence-electron chi connectivity index (χ1n) is 5.54. The maximum absolute atomic E-state index is 12.1. The van der Waals surface area contributed by atoms with Crippen LogP contribution in [0.25, 0.3) is 0 Å². The van der Waals surface area contributed by atoms with Gasteiger partial charge in [-0.3, -0.25) is 0 Å². The van der Waals surface area contributed by atoms with Gasteiger partial charge in [0.25, 0.3) is 0 Å². The first-order chi connectivity index (χ1) is 7.46. The highest BCUT2D eigenvalue weighted by Gasteiger charge is 2.37. The van der Waals surface area contributed by atoms with E-state index < -0.39 is 9.84 Å². The van der Waals surface area contributed by atoms with Gasteiger partial charge in [-0.25, -0.2) is 8.42 Å². The highest BCUT2D eigenvalue weighted by Crippen LogP contribution is 2.41. The van der Waals surface area contributed by atoms with E-state index in [-0.39, 0.29) is 11.3 Å². The normalized spacial score (nSPS) is 27.7. The summed E-state index contributed by atoms with van der Waals surface area (Å²) in [6, 6.07) is 2.21. The molecule has 1 aliphatic rings. The van der Waals surface area contributed by atoms with Crippen molar-refractivity contribution in [3.05, 3.63) is 16.5 Å². The van der Waals surface area contributed by atoms with Crippen molar-refractivity contribution in [2.75, 3.05) is 6.54 Å². The molecule has 0 aliphatic carbocycles. The lowest BCUT2D eigenvalue weighted by Gasteiger charge is -2.27. The van der Waals surface area contributed by atoms with Gasteiger partial charge >= 0.3 is 0 Å². The van der Waals surface area contributed by atoms with Crippen LogP contribution < -0.4 is 5.32 Å². The van der Waals surface area contributed by atoms with E-state index >= 15 is 0 Å². The fourth-order valence-electron chi connectivity index (χ4n) is 2.19. The molecule has 0 spiro atoms. The Morgan fingerprint density at radius 2 is 2.25 bits per heavy atom. The summed E-state index contributed by atoms with van der Waals surface area (Å²) in [5.74, 6) is 0. The molecule has 0 saturated heterocycles. The Hall–Kier alpha value is -0.390. The van der Waals surface area contributed by atoms with Crippen molar-refractivity contribution in [2.45, 2.75) is 42.7 Å². The lowest BCUT2D eigenvalue weighted by atomic mass is 10.0. The quantitative estimate of drug-likeness (QED) is 0.886. The molecular formula is C11H17NO2S2. The standard InChI is InChI=1S/C11H17NO2S2/c1-4-12-10-6-8(3)16(13,14)11-9(10)5-7(2)15-11/h5,8,10,12H,4,6H2,1-3H3. The van der Waals surface area contributed by atoms with Crippen LogP contribution >= 0.6 is 11.3 Å². The monoisotopic (exact) mass is 259 g/mol. The van der Waals surface area contributed by atoms with Crippen molar-refractivity contribution in [1.82, 2.24) is 5.32 Å². The second-order valence-corrected chi connectivity index (χ2v) is 8.12. The number of nitrogens with one attached hydrogen (secondary N) is 1. The minimum atomic E-state index is -3.07. The van der Waals surface area contributed by atoms with Gasteiger partial charge in [0, 0.05) is 10.9 Å². The molecule has 0 aromatic carbocycles. The predicted molar refractivity (Wildman–Crippen MR) is 66.7 cm³/mol. The zero-order valence-electron chi connectivity index (χ0n) is 9.78. The molecule has 2 rings (SSSR count). The van der Waals surface area contributed by atoms with Crippen molar-refractivity contribution < 1.29 is 8.42 Å². The minimum Gasteiger partial charge on any atom is -0.310 e. The molecule has 2 atom stereocenters. The van der Waals surface area contributed by atoms with Gasteiger partial charge in [-0.2, -0.15) is 0 Å². The minimum absolute atomic E-state index is 0.198. The second-order valence-electron chi connectivity index (χ2n) is 4.30. The van der Waals surface area contributed by atoms with Gasteiger partial charge in [0.2, 0.25) is 0 Å². The molecule has 1 N–H and O–H groups in total. The van der Waals surface area contributed by atoms with Gasteiger partial charge < -0.3 is 5.32 Å². The van der Waals surface area contributed by atoms with Gasteiger partial charge in [-0.1, -0.05) is 6.92 Å². The molecule has 90 valence electrons. The van der Waals surface area contributed by atoms with Crippen LogP contribution in [0.5, 0.6) is 0 Å². The largest absolute Gasteiger partial charge is 0.310 e. The van der Waals surface area contributed by atoms with Crippen LogP contribution in [-0.2, 0) is 9.84 Å². The van der Waals surface area contributed by atoms with Crippen LogP contribution in [0.4, 0.5) is 0 Å². The zero-order valence-corrected chi connectivity index (χ0v) is 11.4. The van der Waals surface area contributed by atoms with Crippen LogP contribution in [-0.4, -0.2) is 20.2 Å². The first-order valence-corrected chi connectivity index (χ1v) is 7.90. The molecule has 0 amide bonds. The lowest BCUT2D eigenvalue weighted by Crippen LogP contribution is -2.33. The van der Waals surface area contributed by atoms with Crippen molar-refractivity contribution >= 4 is 21.2 Å². The zero-order chi connectivity index (χ0) is 11.9. The molecule has 1 aromatic rings. The Morgan fingerprint density at radius 1 is 1.56 bits per heavy atom. The number of rotatable bonds is 2. The third-order valence-electron chi connectivity index (χ3n) is 3.03. The van der Waals surface area contributed by atoms with E-state index in [4.69, 9.17) is 0 Å². The molecule has 3 nitrogen and oxygen atoms in total. The average Bonchev–Trinajstić information content (AvgIpc) is 2.58. The topological polar surface area (TPSA) is 46.2 Å². The summed E-state index contributed by atoms with van der Waals surface area (Å²) < 4.78 is 24.9. The molecule has 0 saturated carbocycles. The van der Waals surface area contributed by atoms with Gasteiger partial charge in [0.1, 0.15) is 4.21 Å². The van der Waals surface area contributed by atoms with Crippen LogP contribution in [0.15, 0.2) is 10.3 Å². The smallest absolute Gasteiger partial charge is 0.190 e. The highest BCUT2D eigenvalue weighted by atomic mass is 32.2. The van der Waals surface area contributed by atoms with Crippen molar-refractivity contribution in [3.8, 4) is 0 Å². The van der Waals surface area contributed by atoms with E-state index in [9.17, 15) is 8.42 Å². The Balaban J connectivity index is 2.53. The van der Waals surface area contributed by atoms with E-state index in [1.54, 1.807) is 6.92 Å². The summed E-state index contributed by atoms with van der Waals surface area (Å²) >= 11 is 1.40. The molecule has 5 heteroatoms. The van der Waals surface area contributed by atoms with Gasteiger partial charge in [-0.05, 0) is 38.4 Å². The first kappa shape index (κ1) is 12.1. The van der Waals surface area contributed by atoms with Crippen LogP contribution in [0.1, 0.15) is 36.8 Å². The summed E-state index contributed by atoms with van der Waals surface area (Å²) in [7, 11) is -3.07. The van der Waals surface area contributed by atoms with Gasteiger partial charge in [0.15, 0.2) is 9.84 Å². The summed E-state index contributed by atoms with van der Waals surface area (Å²) in [6.07, 6.45) is 0.680. The summed E-state index contributed by atoms with van der Waals surface area (Å²) in [4.78, 5) is 1.07.